The maximum atomic E-state index is 4.33. The molecule has 0 bridgehead atoms. The van der Waals surface area contributed by atoms with Gasteiger partial charge in [0.05, 0.1) is 0 Å². The smallest absolute Gasteiger partial charge is 0.202 e. The number of nitrogens with zero attached hydrogens (tertiary/aromatic N) is 3. The van der Waals surface area contributed by atoms with Crippen LogP contribution in [0.15, 0.2) is 12.4 Å². The first-order chi connectivity index (χ1) is 7.77. The number of imidazole rings is 1. The summed E-state index contributed by atoms with van der Waals surface area (Å²) in [6, 6.07) is 0. The number of unbranched alkanes of at least 4 members (excludes halogenated alkanes) is 1. The van der Waals surface area contributed by atoms with Crippen LogP contribution in [0.25, 0.3) is 0 Å². The van der Waals surface area contributed by atoms with Gasteiger partial charge in [-0.1, -0.05) is 20.3 Å². The Labute approximate surface area is 98.7 Å². The molecule has 1 heterocycles. The zero-order valence-electron chi connectivity index (χ0n) is 10.7. The van der Waals surface area contributed by atoms with Gasteiger partial charge in [-0.15, -0.1) is 0 Å². The monoisotopic (exact) mass is 224 g/mol. The van der Waals surface area contributed by atoms with Crippen molar-refractivity contribution in [2.75, 3.05) is 32.0 Å². The lowest BCUT2D eigenvalue weighted by Gasteiger charge is -2.15. The third-order valence-corrected chi connectivity index (χ3v) is 2.79. The number of anilines is 1. The molecule has 4 heteroatoms. The van der Waals surface area contributed by atoms with E-state index in [9.17, 15) is 0 Å². The summed E-state index contributed by atoms with van der Waals surface area (Å²) in [7, 11) is 2.14. The minimum atomic E-state index is 0.998. The van der Waals surface area contributed by atoms with Gasteiger partial charge in [0.1, 0.15) is 0 Å². The fourth-order valence-electron chi connectivity index (χ4n) is 1.47. The largest absolute Gasteiger partial charge is 0.356 e. The van der Waals surface area contributed by atoms with Crippen LogP contribution in [0.2, 0.25) is 0 Å². The zero-order valence-corrected chi connectivity index (χ0v) is 10.7. The van der Waals surface area contributed by atoms with E-state index in [1.807, 2.05) is 12.4 Å². The molecular formula is C12H24N4. The van der Waals surface area contributed by atoms with Crippen molar-refractivity contribution in [2.45, 2.75) is 33.2 Å². The number of hydrogen-bond acceptors (Lipinski definition) is 3. The van der Waals surface area contributed by atoms with E-state index in [0.29, 0.717) is 0 Å². The molecule has 1 aromatic rings. The van der Waals surface area contributed by atoms with Crippen LogP contribution in [0.4, 0.5) is 5.95 Å². The van der Waals surface area contributed by atoms with Crippen LogP contribution < -0.4 is 5.32 Å². The highest BCUT2D eigenvalue weighted by atomic mass is 15.2. The van der Waals surface area contributed by atoms with E-state index in [4.69, 9.17) is 0 Å². The van der Waals surface area contributed by atoms with E-state index in [0.717, 1.165) is 32.1 Å². The van der Waals surface area contributed by atoms with Crippen molar-refractivity contribution in [1.29, 1.82) is 0 Å². The number of nitrogens with one attached hydrogen (secondary N) is 1. The Hall–Kier alpha value is -1.03. The molecule has 0 amide bonds. The number of hydrogen-bond donors (Lipinski definition) is 1. The Morgan fingerprint density at radius 2 is 2.25 bits per heavy atom. The molecule has 0 aliphatic carbocycles. The van der Waals surface area contributed by atoms with Crippen molar-refractivity contribution in [2.24, 2.45) is 0 Å². The molecule has 1 N–H and O–H groups in total. The highest BCUT2D eigenvalue weighted by Crippen LogP contribution is 2.04. The molecule has 0 atom stereocenters. The summed E-state index contributed by atoms with van der Waals surface area (Å²) in [5.74, 6) is 0.998. The Kier molecular flexibility index (Phi) is 5.93. The molecule has 0 aliphatic rings. The van der Waals surface area contributed by atoms with E-state index in [-0.39, 0.29) is 0 Å². The van der Waals surface area contributed by atoms with Crippen molar-refractivity contribution in [3.63, 3.8) is 0 Å². The molecular weight excluding hydrogens is 200 g/mol. The lowest BCUT2D eigenvalue weighted by atomic mass is 10.3. The van der Waals surface area contributed by atoms with Crippen molar-refractivity contribution in [3.8, 4) is 0 Å². The summed E-state index contributed by atoms with van der Waals surface area (Å²) in [5, 5.41) is 3.37. The fraction of sp³-hybridized carbons (Fsp3) is 0.750. The second kappa shape index (κ2) is 7.28. The molecule has 0 unspecified atom stereocenters. The van der Waals surface area contributed by atoms with Crippen LogP contribution in [0.1, 0.15) is 26.7 Å². The first kappa shape index (κ1) is 13.0. The average Bonchev–Trinajstić information content (AvgIpc) is 2.74. The summed E-state index contributed by atoms with van der Waals surface area (Å²) >= 11 is 0. The van der Waals surface area contributed by atoms with Crippen molar-refractivity contribution in [1.82, 2.24) is 14.5 Å². The highest BCUT2D eigenvalue weighted by Gasteiger charge is 2.02. The van der Waals surface area contributed by atoms with Crippen LogP contribution in [-0.2, 0) is 6.54 Å². The van der Waals surface area contributed by atoms with E-state index in [1.165, 1.54) is 12.8 Å². The van der Waals surface area contributed by atoms with Crippen molar-refractivity contribution >= 4 is 5.95 Å². The zero-order chi connectivity index (χ0) is 11.8. The summed E-state index contributed by atoms with van der Waals surface area (Å²) in [4.78, 5) is 6.63. The second-order valence-electron chi connectivity index (χ2n) is 4.12. The summed E-state index contributed by atoms with van der Waals surface area (Å²) in [6.07, 6.45) is 6.31. The minimum absolute atomic E-state index is 0.998. The fourth-order valence-corrected chi connectivity index (χ4v) is 1.47. The van der Waals surface area contributed by atoms with Gasteiger partial charge in [0, 0.05) is 32.0 Å². The Balaban J connectivity index is 2.37. The van der Waals surface area contributed by atoms with Crippen LogP contribution >= 0.6 is 0 Å². The molecule has 0 spiro atoms. The van der Waals surface area contributed by atoms with Gasteiger partial charge in [0.2, 0.25) is 5.95 Å². The molecule has 0 aliphatic heterocycles. The number of rotatable bonds is 8. The Bertz CT molecular complexity index is 282. The first-order valence-electron chi connectivity index (χ1n) is 6.21. The van der Waals surface area contributed by atoms with Gasteiger partial charge in [-0.05, 0) is 20.0 Å². The number of aromatic nitrogens is 2. The quantitative estimate of drug-likeness (QED) is 0.686. The second-order valence-corrected chi connectivity index (χ2v) is 4.12. The summed E-state index contributed by atoms with van der Waals surface area (Å²) in [6.45, 7) is 8.54. The van der Waals surface area contributed by atoms with Gasteiger partial charge in [0.15, 0.2) is 0 Å². The summed E-state index contributed by atoms with van der Waals surface area (Å²) in [5.41, 5.74) is 0. The number of likely N-dealkylation sites (N-methyl/N-ethyl adjacent to an activating group) is 1. The molecule has 92 valence electrons. The molecule has 1 aromatic heterocycles. The average molecular weight is 224 g/mol. The normalized spacial score (nSPS) is 11.0. The molecule has 4 nitrogen and oxygen atoms in total. The maximum Gasteiger partial charge on any atom is 0.202 e. The molecule has 0 aromatic carbocycles. The van der Waals surface area contributed by atoms with Crippen LogP contribution in [0.3, 0.4) is 0 Å². The third kappa shape index (κ3) is 4.23. The van der Waals surface area contributed by atoms with Crippen LogP contribution in [-0.4, -0.2) is 41.1 Å². The molecule has 16 heavy (non-hydrogen) atoms. The molecule has 0 saturated heterocycles. The van der Waals surface area contributed by atoms with Crippen molar-refractivity contribution in [3.05, 3.63) is 12.4 Å². The van der Waals surface area contributed by atoms with E-state index in [2.05, 4.69) is 40.7 Å². The predicted molar refractivity (Wildman–Crippen MR) is 68.8 cm³/mol. The molecule has 0 fully saturated rings. The Morgan fingerprint density at radius 1 is 1.44 bits per heavy atom. The topological polar surface area (TPSA) is 33.1 Å². The first-order valence-corrected chi connectivity index (χ1v) is 6.21. The lowest BCUT2D eigenvalue weighted by Crippen LogP contribution is -2.23. The predicted octanol–water partition coefficient (Wildman–Crippen LogP) is 2.05. The van der Waals surface area contributed by atoms with Gasteiger partial charge in [0.25, 0.3) is 0 Å². The van der Waals surface area contributed by atoms with Gasteiger partial charge in [-0.3, -0.25) is 0 Å². The SMILES string of the molecule is CCCCNc1nccn1CCN(C)CC. The van der Waals surface area contributed by atoms with Gasteiger partial charge < -0.3 is 14.8 Å². The molecule has 0 saturated carbocycles. The maximum absolute atomic E-state index is 4.33. The van der Waals surface area contributed by atoms with Crippen molar-refractivity contribution < 1.29 is 0 Å². The third-order valence-electron chi connectivity index (χ3n) is 2.79. The highest BCUT2D eigenvalue weighted by molar-refractivity contribution is 5.25. The van der Waals surface area contributed by atoms with E-state index < -0.39 is 0 Å². The van der Waals surface area contributed by atoms with Gasteiger partial charge in [-0.2, -0.15) is 0 Å². The molecule has 1 rings (SSSR count). The Morgan fingerprint density at radius 3 is 2.94 bits per heavy atom. The van der Waals surface area contributed by atoms with E-state index in [1.54, 1.807) is 0 Å². The standard InChI is InChI=1S/C12H24N4/c1-4-6-7-13-12-14-8-9-16(12)11-10-15(3)5-2/h8-9H,4-7,10-11H2,1-3H3,(H,13,14). The van der Waals surface area contributed by atoms with E-state index >= 15 is 0 Å². The van der Waals surface area contributed by atoms with Crippen LogP contribution in [0.5, 0.6) is 0 Å². The minimum Gasteiger partial charge on any atom is -0.356 e. The lowest BCUT2D eigenvalue weighted by molar-refractivity contribution is 0.336. The van der Waals surface area contributed by atoms with Crippen LogP contribution in [0, 0.1) is 0 Å². The summed E-state index contributed by atoms with van der Waals surface area (Å²) < 4.78 is 2.18. The van der Waals surface area contributed by atoms with Gasteiger partial charge >= 0.3 is 0 Å². The van der Waals surface area contributed by atoms with Gasteiger partial charge in [-0.25, -0.2) is 4.98 Å². The molecule has 0 radical (unpaired) electrons.